The van der Waals surface area contributed by atoms with E-state index < -0.39 is 0 Å². The Morgan fingerprint density at radius 3 is 2.84 bits per heavy atom. The molecule has 0 aliphatic heterocycles. The van der Waals surface area contributed by atoms with Gasteiger partial charge in [0, 0.05) is 44.0 Å². The zero-order chi connectivity index (χ0) is 17.9. The molecule has 0 aliphatic rings. The second-order valence-corrected chi connectivity index (χ2v) is 6.90. The Hall–Kier alpha value is -1.89. The molecular formula is C18H29N5OS. The fourth-order valence-electron chi connectivity index (χ4n) is 2.52. The second-order valence-electron chi connectivity index (χ2n) is 5.91. The molecule has 7 heteroatoms. The van der Waals surface area contributed by atoms with Crippen LogP contribution in [0.3, 0.4) is 0 Å². The van der Waals surface area contributed by atoms with Crippen molar-refractivity contribution in [1.29, 1.82) is 0 Å². The molecule has 0 spiro atoms. The Morgan fingerprint density at radius 2 is 2.16 bits per heavy atom. The molecule has 0 bridgehead atoms. The predicted octanol–water partition coefficient (Wildman–Crippen LogP) is 2.62. The maximum absolute atomic E-state index is 5.36. The van der Waals surface area contributed by atoms with Crippen molar-refractivity contribution >= 4 is 17.7 Å². The van der Waals surface area contributed by atoms with E-state index in [1.54, 1.807) is 6.26 Å². The Morgan fingerprint density at radius 1 is 1.32 bits per heavy atom. The van der Waals surface area contributed by atoms with Gasteiger partial charge in [0.2, 0.25) is 0 Å². The van der Waals surface area contributed by atoms with Crippen molar-refractivity contribution in [2.75, 3.05) is 31.6 Å². The van der Waals surface area contributed by atoms with Crippen LogP contribution in [0.5, 0.6) is 0 Å². The third-order valence-electron chi connectivity index (χ3n) is 3.74. The fourth-order valence-corrected chi connectivity index (χ4v) is 2.82. The Kier molecular flexibility index (Phi) is 8.45. The van der Waals surface area contributed by atoms with Crippen molar-refractivity contribution in [1.82, 2.24) is 20.4 Å². The molecule has 138 valence electrons. The van der Waals surface area contributed by atoms with Gasteiger partial charge in [-0.3, -0.25) is 9.67 Å². The minimum absolute atomic E-state index is 0.772. The van der Waals surface area contributed by atoms with E-state index in [0.29, 0.717) is 0 Å². The fraction of sp³-hybridized carbons (Fsp3) is 0.556. The van der Waals surface area contributed by atoms with Crippen LogP contribution >= 0.6 is 11.8 Å². The predicted molar refractivity (Wildman–Crippen MR) is 105 cm³/mol. The lowest BCUT2D eigenvalue weighted by Crippen LogP contribution is -2.39. The third kappa shape index (κ3) is 7.25. The van der Waals surface area contributed by atoms with Crippen LogP contribution < -0.4 is 10.6 Å². The van der Waals surface area contributed by atoms with Gasteiger partial charge in [0.05, 0.1) is 12.0 Å². The molecule has 2 aromatic rings. The summed E-state index contributed by atoms with van der Waals surface area (Å²) < 4.78 is 7.41. The number of guanidine groups is 1. The van der Waals surface area contributed by atoms with Crippen molar-refractivity contribution in [2.45, 2.75) is 33.2 Å². The molecule has 0 fully saturated rings. The van der Waals surface area contributed by atoms with Gasteiger partial charge in [-0.15, -0.1) is 0 Å². The first-order valence-electron chi connectivity index (χ1n) is 8.73. The van der Waals surface area contributed by atoms with Crippen LogP contribution in [-0.2, 0) is 13.0 Å². The highest BCUT2D eigenvalue weighted by molar-refractivity contribution is 7.98. The number of aromatic nitrogens is 2. The number of thioether (sulfide) groups is 1. The van der Waals surface area contributed by atoms with E-state index in [2.05, 4.69) is 44.7 Å². The van der Waals surface area contributed by atoms with E-state index in [0.717, 1.165) is 62.2 Å². The van der Waals surface area contributed by atoms with Crippen molar-refractivity contribution in [3.63, 3.8) is 0 Å². The Labute approximate surface area is 154 Å². The van der Waals surface area contributed by atoms with E-state index in [-0.39, 0.29) is 0 Å². The van der Waals surface area contributed by atoms with E-state index in [1.807, 2.05) is 30.8 Å². The van der Waals surface area contributed by atoms with Crippen LogP contribution in [0.2, 0.25) is 0 Å². The molecule has 2 aromatic heterocycles. The highest BCUT2D eigenvalue weighted by Crippen LogP contribution is 2.03. The molecule has 0 radical (unpaired) electrons. The van der Waals surface area contributed by atoms with Gasteiger partial charge in [-0.2, -0.15) is 16.9 Å². The summed E-state index contributed by atoms with van der Waals surface area (Å²) in [6.45, 7) is 7.50. The summed E-state index contributed by atoms with van der Waals surface area (Å²) in [6, 6.07) is 6.02. The van der Waals surface area contributed by atoms with Gasteiger partial charge in [0.15, 0.2) is 5.96 Å². The summed E-state index contributed by atoms with van der Waals surface area (Å²) in [5, 5.41) is 11.2. The van der Waals surface area contributed by atoms with Crippen LogP contribution in [-0.4, -0.2) is 47.4 Å². The van der Waals surface area contributed by atoms with Crippen LogP contribution in [0, 0.1) is 13.8 Å². The number of rotatable bonds is 10. The standard InChI is InChI=1S/C18H29N5OS/c1-15-14-16(2)23(22-15)11-5-8-19-18(21-10-13-25-3)20-9-7-17-6-4-12-24-17/h4,6,12,14H,5,7-11,13H2,1-3H3,(H2,19,20,21). The Bertz CT molecular complexity index is 636. The molecule has 2 heterocycles. The lowest BCUT2D eigenvalue weighted by atomic mass is 10.3. The number of aliphatic imine (C=N–C) groups is 1. The van der Waals surface area contributed by atoms with Crippen molar-refractivity contribution in [3.05, 3.63) is 41.6 Å². The molecule has 0 aromatic carbocycles. The zero-order valence-corrected chi connectivity index (χ0v) is 16.2. The smallest absolute Gasteiger partial charge is 0.191 e. The molecule has 0 aliphatic carbocycles. The zero-order valence-electron chi connectivity index (χ0n) is 15.4. The molecule has 0 atom stereocenters. The normalized spacial score (nSPS) is 11.7. The number of hydrogen-bond donors (Lipinski definition) is 2. The molecule has 0 unspecified atom stereocenters. The lowest BCUT2D eigenvalue weighted by Gasteiger charge is -2.12. The Balaban J connectivity index is 1.76. The molecule has 0 saturated heterocycles. The molecule has 2 rings (SSSR count). The molecular weight excluding hydrogens is 334 g/mol. The quantitative estimate of drug-likeness (QED) is 0.386. The average Bonchev–Trinajstić information content (AvgIpc) is 3.21. The van der Waals surface area contributed by atoms with Crippen molar-refractivity contribution in [3.8, 4) is 0 Å². The van der Waals surface area contributed by atoms with Crippen molar-refractivity contribution in [2.24, 2.45) is 4.99 Å². The van der Waals surface area contributed by atoms with E-state index in [9.17, 15) is 0 Å². The summed E-state index contributed by atoms with van der Waals surface area (Å²) in [5.74, 6) is 2.92. The molecule has 2 N–H and O–H groups in total. The first kappa shape index (κ1) is 19.4. The summed E-state index contributed by atoms with van der Waals surface area (Å²) in [5.41, 5.74) is 2.27. The minimum atomic E-state index is 0.772. The summed E-state index contributed by atoms with van der Waals surface area (Å²) in [6.07, 6.45) is 5.63. The van der Waals surface area contributed by atoms with Crippen LogP contribution in [0.1, 0.15) is 23.6 Å². The van der Waals surface area contributed by atoms with Gasteiger partial charge < -0.3 is 15.1 Å². The molecule has 0 amide bonds. The van der Waals surface area contributed by atoms with Crippen molar-refractivity contribution < 1.29 is 4.42 Å². The van der Waals surface area contributed by atoms with E-state index >= 15 is 0 Å². The number of nitrogens with one attached hydrogen (secondary N) is 2. The minimum Gasteiger partial charge on any atom is -0.469 e. The maximum Gasteiger partial charge on any atom is 0.191 e. The maximum atomic E-state index is 5.36. The van der Waals surface area contributed by atoms with Gasteiger partial charge >= 0.3 is 0 Å². The van der Waals surface area contributed by atoms with Gasteiger partial charge in [-0.1, -0.05) is 0 Å². The summed E-state index contributed by atoms with van der Waals surface area (Å²) >= 11 is 1.82. The largest absolute Gasteiger partial charge is 0.469 e. The number of hydrogen-bond acceptors (Lipinski definition) is 4. The molecule has 0 saturated carbocycles. The van der Waals surface area contributed by atoms with Gasteiger partial charge in [0.25, 0.3) is 0 Å². The topological polar surface area (TPSA) is 67.4 Å². The first-order valence-corrected chi connectivity index (χ1v) is 10.1. The third-order valence-corrected chi connectivity index (χ3v) is 4.36. The van der Waals surface area contributed by atoms with Crippen LogP contribution in [0.15, 0.2) is 33.9 Å². The van der Waals surface area contributed by atoms with Crippen LogP contribution in [0.25, 0.3) is 0 Å². The first-order chi connectivity index (χ1) is 12.2. The lowest BCUT2D eigenvalue weighted by molar-refractivity contribution is 0.506. The molecule has 6 nitrogen and oxygen atoms in total. The number of aryl methyl sites for hydroxylation is 3. The monoisotopic (exact) mass is 363 g/mol. The van der Waals surface area contributed by atoms with Crippen LogP contribution in [0.4, 0.5) is 0 Å². The SMILES string of the molecule is CSCCNC(=NCCCn1nc(C)cc1C)NCCc1ccco1. The van der Waals surface area contributed by atoms with Gasteiger partial charge in [-0.25, -0.2) is 0 Å². The highest BCUT2D eigenvalue weighted by Gasteiger charge is 2.02. The average molecular weight is 364 g/mol. The van der Waals surface area contributed by atoms with E-state index in [1.165, 1.54) is 5.69 Å². The second kappa shape index (κ2) is 10.9. The number of furan rings is 1. The summed E-state index contributed by atoms with van der Waals surface area (Å²) in [4.78, 5) is 4.68. The van der Waals surface area contributed by atoms with Gasteiger partial charge in [0.1, 0.15) is 5.76 Å². The van der Waals surface area contributed by atoms with E-state index in [4.69, 9.17) is 4.42 Å². The highest BCUT2D eigenvalue weighted by atomic mass is 32.2. The number of nitrogens with zero attached hydrogens (tertiary/aromatic N) is 3. The summed E-state index contributed by atoms with van der Waals surface area (Å²) in [7, 11) is 0. The molecule has 25 heavy (non-hydrogen) atoms. The van der Waals surface area contributed by atoms with Gasteiger partial charge in [-0.05, 0) is 44.7 Å².